The SMILES string of the molecule is SCC1(CN(Cc2ccccc2)Cc2ccccc2)CCCCC1. The molecule has 0 N–H and O–H groups in total. The number of benzene rings is 2. The number of hydrogen-bond donors (Lipinski definition) is 1. The molecular weight excluding hydrogens is 310 g/mol. The van der Waals surface area contributed by atoms with Crippen LogP contribution in [-0.4, -0.2) is 17.2 Å². The van der Waals surface area contributed by atoms with Crippen molar-refractivity contribution in [3.63, 3.8) is 0 Å². The summed E-state index contributed by atoms with van der Waals surface area (Å²) in [5.74, 6) is 1.01. The third-order valence-corrected chi connectivity index (χ3v) is 5.98. The highest BCUT2D eigenvalue weighted by molar-refractivity contribution is 7.80. The molecule has 1 nitrogen and oxygen atoms in total. The number of hydrogen-bond acceptors (Lipinski definition) is 2. The maximum atomic E-state index is 4.75. The molecule has 128 valence electrons. The van der Waals surface area contributed by atoms with Gasteiger partial charge in [-0.2, -0.15) is 12.6 Å². The molecule has 1 aliphatic rings. The molecule has 0 saturated heterocycles. The molecule has 2 aromatic carbocycles. The fraction of sp³-hybridized carbons (Fsp3) is 0.455. The summed E-state index contributed by atoms with van der Waals surface area (Å²) >= 11 is 4.75. The minimum atomic E-state index is 0.394. The summed E-state index contributed by atoms with van der Waals surface area (Å²) in [6, 6.07) is 21.7. The second-order valence-electron chi connectivity index (χ2n) is 7.34. The first-order chi connectivity index (χ1) is 11.8. The van der Waals surface area contributed by atoms with Gasteiger partial charge in [0.2, 0.25) is 0 Å². The summed E-state index contributed by atoms with van der Waals surface area (Å²) in [7, 11) is 0. The van der Waals surface area contributed by atoms with Crippen LogP contribution in [0.2, 0.25) is 0 Å². The Bertz CT molecular complexity index is 548. The Morgan fingerprint density at radius 3 is 1.71 bits per heavy atom. The molecule has 1 aliphatic carbocycles. The van der Waals surface area contributed by atoms with E-state index in [1.165, 1.54) is 43.2 Å². The molecule has 0 aliphatic heterocycles. The van der Waals surface area contributed by atoms with E-state index >= 15 is 0 Å². The lowest BCUT2D eigenvalue weighted by atomic mass is 9.75. The van der Waals surface area contributed by atoms with Crippen LogP contribution < -0.4 is 0 Å². The molecule has 0 bridgehead atoms. The Labute approximate surface area is 152 Å². The fourth-order valence-corrected chi connectivity index (χ4v) is 4.41. The van der Waals surface area contributed by atoms with Crippen molar-refractivity contribution >= 4 is 12.6 Å². The van der Waals surface area contributed by atoms with Crippen molar-refractivity contribution < 1.29 is 0 Å². The van der Waals surface area contributed by atoms with Gasteiger partial charge in [-0.05, 0) is 35.1 Å². The van der Waals surface area contributed by atoms with Crippen LogP contribution in [0.15, 0.2) is 60.7 Å². The molecule has 0 amide bonds. The van der Waals surface area contributed by atoms with Crippen molar-refractivity contribution in [3.05, 3.63) is 71.8 Å². The highest BCUT2D eigenvalue weighted by atomic mass is 32.1. The van der Waals surface area contributed by atoms with E-state index in [4.69, 9.17) is 12.6 Å². The van der Waals surface area contributed by atoms with Crippen LogP contribution in [0.25, 0.3) is 0 Å². The average Bonchev–Trinajstić information content (AvgIpc) is 2.64. The predicted octanol–water partition coefficient (Wildman–Crippen LogP) is 5.57. The molecule has 0 aromatic heterocycles. The quantitative estimate of drug-likeness (QED) is 0.646. The summed E-state index contributed by atoms with van der Waals surface area (Å²) in [5, 5.41) is 0. The number of thiol groups is 1. The highest BCUT2D eigenvalue weighted by Crippen LogP contribution is 2.38. The smallest absolute Gasteiger partial charge is 0.0237 e. The van der Waals surface area contributed by atoms with Crippen molar-refractivity contribution in [3.8, 4) is 0 Å². The first-order valence-electron chi connectivity index (χ1n) is 9.21. The van der Waals surface area contributed by atoms with Crippen molar-refractivity contribution in [1.29, 1.82) is 0 Å². The summed E-state index contributed by atoms with van der Waals surface area (Å²) in [6.45, 7) is 3.19. The third-order valence-electron chi connectivity index (χ3n) is 5.31. The van der Waals surface area contributed by atoms with Gasteiger partial charge in [-0.1, -0.05) is 79.9 Å². The van der Waals surface area contributed by atoms with E-state index < -0.39 is 0 Å². The molecule has 0 unspecified atom stereocenters. The van der Waals surface area contributed by atoms with E-state index in [0.717, 1.165) is 25.4 Å². The van der Waals surface area contributed by atoms with E-state index in [-0.39, 0.29) is 0 Å². The van der Waals surface area contributed by atoms with Gasteiger partial charge in [0.1, 0.15) is 0 Å². The summed E-state index contributed by atoms with van der Waals surface area (Å²) in [6.07, 6.45) is 6.79. The molecule has 1 fully saturated rings. The molecule has 0 heterocycles. The second-order valence-corrected chi connectivity index (χ2v) is 7.65. The molecule has 2 heteroatoms. The fourth-order valence-electron chi connectivity index (χ4n) is 3.99. The Morgan fingerprint density at radius 1 is 0.750 bits per heavy atom. The highest BCUT2D eigenvalue weighted by Gasteiger charge is 2.32. The maximum absolute atomic E-state index is 4.75. The Morgan fingerprint density at radius 2 is 1.25 bits per heavy atom. The van der Waals surface area contributed by atoms with Crippen molar-refractivity contribution in [1.82, 2.24) is 4.90 Å². The van der Waals surface area contributed by atoms with E-state index in [0.29, 0.717) is 5.41 Å². The molecule has 0 atom stereocenters. The zero-order valence-electron chi connectivity index (χ0n) is 14.5. The second kappa shape index (κ2) is 8.73. The summed E-state index contributed by atoms with van der Waals surface area (Å²) in [4.78, 5) is 2.63. The minimum Gasteiger partial charge on any atom is -0.294 e. The van der Waals surface area contributed by atoms with E-state index in [9.17, 15) is 0 Å². The van der Waals surface area contributed by atoms with Crippen LogP contribution in [0.4, 0.5) is 0 Å². The molecule has 0 spiro atoms. The van der Waals surface area contributed by atoms with Gasteiger partial charge in [0.25, 0.3) is 0 Å². The van der Waals surface area contributed by atoms with Gasteiger partial charge in [0, 0.05) is 19.6 Å². The largest absolute Gasteiger partial charge is 0.294 e. The zero-order valence-corrected chi connectivity index (χ0v) is 15.4. The summed E-state index contributed by atoms with van der Waals surface area (Å²) in [5.41, 5.74) is 3.20. The van der Waals surface area contributed by atoms with Crippen LogP contribution in [-0.2, 0) is 13.1 Å². The van der Waals surface area contributed by atoms with Crippen LogP contribution >= 0.6 is 12.6 Å². The van der Waals surface area contributed by atoms with Gasteiger partial charge < -0.3 is 0 Å². The van der Waals surface area contributed by atoms with Crippen LogP contribution in [0.3, 0.4) is 0 Å². The lowest BCUT2D eigenvalue weighted by Gasteiger charge is -2.40. The average molecular weight is 340 g/mol. The molecule has 3 rings (SSSR count). The van der Waals surface area contributed by atoms with Crippen molar-refractivity contribution in [2.24, 2.45) is 5.41 Å². The monoisotopic (exact) mass is 339 g/mol. The molecule has 24 heavy (non-hydrogen) atoms. The van der Waals surface area contributed by atoms with Gasteiger partial charge in [-0.3, -0.25) is 4.90 Å². The van der Waals surface area contributed by atoms with Crippen LogP contribution in [0, 0.1) is 5.41 Å². The first-order valence-corrected chi connectivity index (χ1v) is 9.84. The van der Waals surface area contributed by atoms with E-state index in [2.05, 4.69) is 65.6 Å². The van der Waals surface area contributed by atoms with Gasteiger partial charge in [-0.25, -0.2) is 0 Å². The molecule has 2 aromatic rings. The topological polar surface area (TPSA) is 3.24 Å². The summed E-state index contributed by atoms with van der Waals surface area (Å²) < 4.78 is 0. The number of nitrogens with zero attached hydrogens (tertiary/aromatic N) is 1. The minimum absolute atomic E-state index is 0.394. The normalized spacial score (nSPS) is 17.1. The van der Waals surface area contributed by atoms with Crippen LogP contribution in [0.5, 0.6) is 0 Å². The van der Waals surface area contributed by atoms with Gasteiger partial charge in [-0.15, -0.1) is 0 Å². The molecular formula is C22H29NS. The first kappa shape index (κ1) is 17.6. The van der Waals surface area contributed by atoms with Crippen LogP contribution in [0.1, 0.15) is 43.2 Å². The van der Waals surface area contributed by atoms with Gasteiger partial charge in [0.15, 0.2) is 0 Å². The third kappa shape index (κ3) is 4.87. The predicted molar refractivity (Wildman–Crippen MR) is 106 cm³/mol. The number of rotatable bonds is 7. The molecule has 1 saturated carbocycles. The lowest BCUT2D eigenvalue weighted by Crippen LogP contribution is -2.40. The van der Waals surface area contributed by atoms with Crippen molar-refractivity contribution in [2.45, 2.75) is 45.2 Å². The Balaban J connectivity index is 1.75. The zero-order chi connectivity index (χ0) is 16.7. The maximum Gasteiger partial charge on any atom is 0.0237 e. The van der Waals surface area contributed by atoms with Gasteiger partial charge >= 0.3 is 0 Å². The van der Waals surface area contributed by atoms with Crippen molar-refractivity contribution in [2.75, 3.05) is 12.3 Å². The Hall–Kier alpha value is -1.25. The van der Waals surface area contributed by atoms with Gasteiger partial charge in [0.05, 0.1) is 0 Å². The van der Waals surface area contributed by atoms with E-state index in [1.54, 1.807) is 0 Å². The Kier molecular flexibility index (Phi) is 6.39. The molecule has 0 radical (unpaired) electrons. The lowest BCUT2D eigenvalue weighted by molar-refractivity contribution is 0.115. The van der Waals surface area contributed by atoms with E-state index in [1.807, 2.05) is 0 Å². The standard InChI is InChI=1S/C22H29NS/c24-19-22(14-8-3-9-15-22)18-23(16-20-10-4-1-5-11-20)17-21-12-6-2-7-13-21/h1-2,4-7,10-13,24H,3,8-9,14-19H2.